The minimum atomic E-state index is 0.371. The third-order valence-electron chi connectivity index (χ3n) is 4.58. The zero-order valence-corrected chi connectivity index (χ0v) is 15.3. The minimum absolute atomic E-state index is 0.371. The summed E-state index contributed by atoms with van der Waals surface area (Å²) >= 11 is 1.71. The Labute approximate surface area is 151 Å². The van der Waals surface area contributed by atoms with Crippen LogP contribution in [-0.4, -0.2) is 46.9 Å². The van der Waals surface area contributed by atoms with Crippen LogP contribution >= 0.6 is 11.3 Å². The Morgan fingerprint density at radius 2 is 2.12 bits per heavy atom. The van der Waals surface area contributed by atoms with Crippen LogP contribution < -0.4 is 0 Å². The average Bonchev–Trinajstić information content (AvgIpc) is 3.35. The maximum atomic E-state index is 5.51. The van der Waals surface area contributed by atoms with E-state index in [9.17, 15) is 0 Å². The lowest BCUT2D eigenvalue weighted by atomic mass is 10.1. The number of aromatic nitrogens is 3. The third-order valence-corrected chi connectivity index (χ3v) is 5.63. The van der Waals surface area contributed by atoms with E-state index in [4.69, 9.17) is 19.2 Å². The van der Waals surface area contributed by atoms with E-state index in [1.165, 1.54) is 4.88 Å². The fourth-order valence-corrected chi connectivity index (χ4v) is 4.18. The molecule has 1 aliphatic rings. The lowest BCUT2D eigenvalue weighted by Gasteiger charge is -2.29. The lowest BCUT2D eigenvalue weighted by molar-refractivity contribution is 0.187. The number of furan rings is 1. The van der Waals surface area contributed by atoms with E-state index < -0.39 is 0 Å². The molecule has 7 heteroatoms. The van der Waals surface area contributed by atoms with Crippen molar-refractivity contribution < 1.29 is 9.15 Å². The number of ether oxygens (including phenoxy) is 1. The molecule has 3 aromatic heterocycles. The second kappa shape index (κ2) is 7.11. The minimum Gasteiger partial charge on any atom is -0.461 e. The highest BCUT2D eigenvalue weighted by Gasteiger charge is 2.25. The highest BCUT2D eigenvalue weighted by atomic mass is 32.1. The van der Waals surface area contributed by atoms with Gasteiger partial charge in [-0.05, 0) is 57.2 Å². The molecule has 0 aliphatic carbocycles. The summed E-state index contributed by atoms with van der Waals surface area (Å²) < 4.78 is 12.9. The van der Waals surface area contributed by atoms with Crippen LogP contribution in [0.5, 0.6) is 0 Å². The molecular formula is C18H22N4O2S. The van der Waals surface area contributed by atoms with Crippen LogP contribution in [-0.2, 0) is 11.3 Å². The summed E-state index contributed by atoms with van der Waals surface area (Å²) in [7, 11) is 3.89. The fourth-order valence-electron chi connectivity index (χ4n) is 3.21. The lowest BCUT2D eigenvalue weighted by Crippen LogP contribution is -2.32. The zero-order chi connectivity index (χ0) is 17.2. The van der Waals surface area contributed by atoms with Crippen molar-refractivity contribution in [2.75, 3.05) is 27.2 Å². The van der Waals surface area contributed by atoms with Crippen LogP contribution in [0.1, 0.15) is 23.8 Å². The number of likely N-dealkylation sites (tertiary alicyclic amines) is 1. The number of hydrogen-bond acceptors (Lipinski definition) is 6. The van der Waals surface area contributed by atoms with E-state index in [1.807, 2.05) is 12.1 Å². The van der Waals surface area contributed by atoms with Crippen molar-refractivity contribution in [3.63, 3.8) is 0 Å². The normalized spacial score (nSPS) is 16.6. The maximum Gasteiger partial charge on any atom is 0.217 e. The van der Waals surface area contributed by atoms with Gasteiger partial charge in [0.2, 0.25) is 5.82 Å². The van der Waals surface area contributed by atoms with Gasteiger partial charge < -0.3 is 14.1 Å². The highest BCUT2D eigenvalue weighted by molar-refractivity contribution is 7.15. The zero-order valence-electron chi connectivity index (χ0n) is 14.5. The third kappa shape index (κ3) is 3.40. The van der Waals surface area contributed by atoms with E-state index in [0.29, 0.717) is 24.2 Å². The first kappa shape index (κ1) is 16.5. The molecule has 6 nitrogen and oxygen atoms in total. The number of piperidine rings is 1. The van der Waals surface area contributed by atoms with E-state index in [-0.39, 0.29) is 0 Å². The average molecular weight is 358 g/mol. The standard InChI is InChI=1S/C18H22N4O2S/c1-21-9-7-13(8-10-21)22-18(16-6-5-14(25-16)12-23-2)19-17(20-22)15-4-3-11-24-15/h3-6,11,13H,7-10,12H2,1-2H3. The van der Waals surface area contributed by atoms with Crippen molar-refractivity contribution in [2.24, 2.45) is 0 Å². The predicted octanol–water partition coefficient (Wildman–Crippen LogP) is 3.68. The summed E-state index contributed by atoms with van der Waals surface area (Å²) in [6.45, 7) is 2.79. The van der Waals surface area contributed by atoms with Crippen LogP contribution in [0.15, 0.2) is 34.9 Å². The molecule has 4 heterocycles. The highest BCUT2D eigenvalue weighted by Crippen LogP contribution is 2.33. The number of thiophene rings is 1. The Morgan fingerprint density at radius 1 is 1.28 bits per heavy atom. The summed E-state index contributed by atoms with van der Waals surface area (Å²) in [5, 5.41) is 4.80. The first-order valence-electron chi connectivity index (χ1n) is 8.51. The molecule has 0 unspecified atom stereocenters. The van der Waals surface area contributed by atoms with Crippen molar-refractivity contribution >= 4 is 11.3 Å². The Kier molecular flexibility index (Phi) is 4.70. The molecule has 0 radical (unpaired) electrons. The van der Waals surface area contributed by atoms with Crippen molar-refractivity contribution in [1.29, 1.82) is 0 Å². The van der Waals surface area contributed by atoms with Gasteiger partial charge in [-0.3, -0.25) is 0 Å². The van der Waals surface area contributed by atoms with Crippen LogP contribution in [0, 0.1) is 0 Å². The summed E-state index contributed by atoms with van der Waals surface area (Å²) in [6.07, 6.45) is 3.83. The van der Waals surface area contributed by atoms with E-state index >= 15 is 0 Å². The second-order valence-electron chi connectivity index (χ2n) is 6.41. The van der Waals surface area contributed by atoms with E-state index in [2.05, 4.69) is 28.8 Å². The van der Waals surface area contributed by atoms with Crippen molar-refractivity contribution in [1.82, 2.24) is 19.7 Å². The second-order valence-corrected chi connectivity index (χ2v) is 7.58. The molecule has 4 rings (SSSR count). The van der Waals surface area contributed by atoms with Crippen molar-refractivity contribution in [2.45, 2.75) is 25.5 Å². The van der Waals surface area contributed by atoms with Gasteiger partial charge in [-0.25, -0.2) is 9.67 Å². The molecule has 0 atom stereocenters. The van der Waals surface area contributed by atoms with Crippen LogP contribution in [0.4, 0.5) is 0 Å². The van der Waals surface area contributed by atoms with Crippen molar-refractivity contribution in [3.05, 3.63) is 35.4 Å². The molecule has 25 heavy (non-hydrogen) atoms. The number of hydrogen-bond donors (Lipinski definition) is 0. The van der Waals surface area contributed by atoms with Gasteiger partial charge in [-0.1, -0.05) is 0 Å². The summed E-state index contributed by atoms with van der Waals surface area (Å²) in [5.41, 5.74) is 0. The van der Waals surface area contributed by atoms with Gasteiger partial charge in [-0.15, -0.1) is 16.4 Å². The number of methoxy groups -OCH3 is 1. The van der Waals surface area contributed by atoms with Gasteiger partial charge >= 0.3 is 0 Å². The first-order valence-corrected chi connectivity index (χ1v) is 9.33. The van der Waals surface area contributed by atoms with Crippen LogP contribution in [0.2, 0.25) is 0 Å². The number of nitrogens with zero attached hydrogens (tertiary/aromatic N) is 4. The monoisotopic (exact) mass is 358 g/mol. The Bertz CT molecular complexity index is 816. The summed E-state index contributed by atoms with van der Waals surface area (Å²) in [6, 6.07) is 8.36. The Balaban J connectivity index is 1.72. The molecule has 0 amide bonds. The van der Waals surface area contributed by atoms with Crippen LogP contribution in [0.3, 0.4) is 0 Å². The molecule has 132 valence electrons. The predicted molar refractivity (Wildman–Crippen MR) is 97.5 cm³/mol. The van der Waals surface area contributed by atoms with Gasteiger partial charge in [0.1, 0.15) is 0 Å². The Hall–Kier alpha value is -1.96. The molecule has 0 saturated carbocycles. The topological polar surface area (TPSA) is 56.3 Å². The molecular weight excluding hydrogens is 336 g/mol. The summed E-state index contributed by atoms with van der Waals surface area (Å²) in [5.74, 6) is 2.29. The molecule has 1 saturated heterocycles. The van der Waals surface area contributed by atoms with Gasteiger partial charge in [-0.2, -0.15) is 0 Å². The molecule has 0 aromatic carbocycles. The molecule has 1 fully saturated rings. The van der Waals surface area contributed by atoms with Gasteiger partial charge in [0.25, 0.3) is 0 Å². The number of rotatable bonds is 5. The van der Waals surface area contributed by atoms with Gasteiger partial charge in [0.15, 0.2) is 11.6 Å². The SMILES string of the molecule is COCc1ccc(-c2nc(-c3ccco3)nn2C2CCN(C)CC2)s1. The molecule has 0 N–H and O–H groups in total. The van der Waals surface area contributed by atoms with Crippen LogP contribution in [0.25, 0.3) is 22.3 Å². The van der Waals surface area contributed by atoms with Gasteiger partial charge in [0, 0.05) is 12.0 Å². The quantitative estimate of drug-likeness (QED) is 0.696. The first-order chi connectivity index (χ1) is 12.2. The summed E-state index contributed by atoms with van der Waals surface area (Å²) in [4.78, 5) is 9.48. The molecule has 0 bridgehead atoms. The van der Waals surface area contributed by atoms with E-state index in [0.717, 1.165) is 36.6 Å². The molecule has 3 aromatic rings. The van der Waals surface area contributed by atoms with Crippen molar-refractivity contribution in [3.8, 4) is 22.3 Å². The van der Waals surface area contributed by atoms with Gasteiger partial charge in [0.05, 0.1) is 23.8 Å². The maximum absolute atomic E-state index is 5.51. The molecule has 0 spiro atoms. The fraction of sp³-hybridized carbons (Fsp3) is 0.444. The molecule has 1 aliphatic heterocycles. The Morgan fingerprint density at radius 3 is 2.84 bits per heavy atom. The van der Waals surface area contributed by atoms with E-state index in [1.54, 1.807) is 24.7 Å². The largest absolute Gasteiger partial charge is 0.461 e. The smallest absolute Gasteiger partial charge is 0.217 e.